The number of nitrogens with one attached hydrogen (secondary N) is 2. The van der Waals surface area contributed by atoms with Crippen LogP contribution in [0.25, 0.3) is 0 Å². The lowest BCUT2D eigenvalue weighted by molar-refractivity contribution is 0.00222. The van der Waals surface area contributed by atoms with Crippen LogP contribution >= 0.6 is 0 Å². The van der Waals surface area contributed by atoms with E-state index in [1.54, 1.807) is 0 Å². The van der Waals surface area contributed by atoms with Crippen molar-refractivity contribution >= 4 is 17.4 Å². The molecule has 3 aliphatic heterocycles. The zero-order valence-electron chi connectivity index (χ0n) is 17.5. The van der Waals surface area contributed by atoms with Crippen LogP contribution in [0.5, 0.6) is 0 Å². The van der Waals surface area contributed by atoms with Gasteiger partial charge >= 0.3 is 6.03 Å². The minimum absolute atomic E-state index is 0.143. The molecule has 1 aromatic carbocycles. The highest BCUT2D eigenvalue weighted by atomic mass is 16.5. The molecule has 4 rings (SSSR count). The standard InChI is InChI=1S/C22H34N4O3/c1-17-14-19(4-5-20(17)25-7-2-3-8-25)24-22(27)23-15-21(18-6-11-29-16-18)26-9-12-28-13-10-26/h4-5,14,18,21H,2-3,6-13,15-16H2,1H3,(H2,23,24,27). The van der Waals surface area contributed by atoms with E-state index < -0.39 is 0 Å². The first-order chi connectivity index (χ1) is 14.2. The first-order valence-corrected chi connectivity index (χ1v) is 11.0. The molecule has 160 valence electrons. The molecule has 2 atom stereocenters. The number of anilines is 2. The number of morpholine rings is 1. The van der Waals surface area contributed by atoms with Crippen LogP contribution in [0.4, 0.5) is 16.2 Å². The van der Waals surface area contributed by atoms with Gasteiger partial charge in [0.2, 0.25) is 0 Å². The largest absolute Gasteiger partial charge is 0.381 e. The number of urea groups is 1. The third kappa shape index (κ3) is 5.21. The molecule has 0 aromatic heterocycles. The summed E-state index contributed by atoms with van der Waals surface area (Å²) in [6, 6.07) is 6.35. The normalized spacial score (nSPS) is 23.9. The van der Waals surface area contributed by atoms with Crippen molar-refractivity contribution < 1.29 is 14.3 Å². The van der Waals surface area contributed by atoms with Crippen molar-refractivity contribution in [3.05, 3.63) is 23.8 Å². The van der Waals surface area contributed by atoms with Crippen molar-refractivity contribution in [2.75, 3.05) is 69.4 Å². The van der Waals surface area contributed by atoms with Crippen LogP contribution < -0.4 is 15.5 Å². The highest BCUT2D eigenvalue weighted by Gasteiger charge is 2.31. The molecule has 1 aromatic rings. The average Bonchev–Trinajstić information content (AvgIpc) is 3.44. The predicted molar refractivity (Wildman–Crippen MR) is 115 cm³/mol. The third-order valence-corrected chi connectivity index (χ3v) is 6.40. The number of carbonyl (C=O) groups excluding carboxylic acids is 1. The summed E-state index contributed by atoms with van der Waals surface area (Å²) < 4.78 is 11.1. The molecule has 29 heavy (non-hydrogen) atoms. The zero-order valence-corrected chi connectivity index (χ0v) is 17.5. The Balaban J connectivity index is 1.32. The molecule has 3 fully saturated rings. The summed E-state index contributed by atoms with van der Waals surface area (Å²) in [6.45, 7) is 9.96. The summed E-state index contributed by atoms with van der Waals surface area (Å²) in [5.74, 6) is 0.468. The Bertz CT molecular complexity index is 681. The lowest BCUT2D eigenvalue weighted by Crippen LogP contribution is -2.52. The summed E-state index contributed by atoms with van der Waals surface area (Å²) in [5.41, 5.74) is 3.33. The first-order valence-electron chi connectivity index (χ1n) is 11.0. The van der Waals surface area contributed by atoms with Crippen molar-refractivity contribution in [3.63, 3.8) is 0 Å². The molecule has 0 aliphatic carbocycles. The summed E-state index contributed by atoms with van der Waals surface area (Å²) in [4.78, 5) is 17.4. The van der Waals surface area contributed by atoms with E-state index in [1.165, 1.54) is 24.1 Å². The molecule has 0 bridgehead atoms. The maximum Gasteiger partial charge on any atom is 0.319 e. The lowest BCUT2D eigenvalue weighted by Gasteiger charge is -2.37. The molecule has 7 heteroatoms. The van der Waals surface area contributed by atoms with E-state index in [9.17, 15) is 4.79 Å². The van der Waals surface area contributed by atoms with E-state index in [2.05, 4.69) is 39.5 Å². The molecule has 3 heterocycles. The quantitative estimate of drug-likeness (QED) is 0.765. The topological polar surface area (TPSA) is 66.1 Å². The number of ether oxygens (including phenoxy) is 2. The van der Waals surface area contributed by atoms with Gasteiger partial charge in [0.25, 0.3) is 0 Å². The summed E-state index contributed by atoms with van der Waals surface area (Å²) in [5, 5.41) is 6.10. The van der Waals surface area contributed by atoms with Gasteiger partial charge in [0.1, 0.15) is 0 Å². The van der Waals surface area contributed by atoms with Gasteiger partial charge in [0.15, 0.2) is 0 Å². The van der Waals surface area contributed by atoms with Crippen LogP contribution in [0.1, 0.15) is 24.8 Å². The molecule has 0 spiro atoms. The Morgan fingerprint density at radius 2 is 1.93 bits per heavy atom. The van der Waals surface area contributed by atoms with Gasteiger partial charge in [-0.2, -0.15) is 0 Å². The maximum absolute atomic E-state index is 12.6. The second kappa shape index (κ2) is 9.78. The lowest BCUT2D eigenvalue weighted by atomic mass is 9.97. The van der Waals surface area contributed by atoms with Crippen molar-refractivity contribution in [3.8, 4) is 0 Å². The van der Waals surface area contributed by atoms with E-state index in [1.807, 2.05) is 6.07 Å². The minimum Gasteiger partial charge on any atom is -0.381 e. The molecule has 2 N–H and O–H groups in total. The van der Waals surface area contributed by atoms with Crippen LogP contribution in [-0.4, -0.2) is 76.1 Å². The second-order valence-electron chi connectivity index (χ2n) is 8.37. The van der Waals surface area contributed by atoms with Crippen molar-refractivity contribution in [2.24, 2.45) is 5.92 Å². The van der Waals surface area contributed by atoms with Gasteiger partial charge in [-0.15, -0.1) is 0 Å². The number of carbonyl (C=O) groups is 1. The number of amides is 2. The molecule has 2 amide bonds. The predicted octanol–water partition coefficient (Wildman–Crippen LogP) is 2.45. The van der Waals surface area contributed by atoms with E-state index in [4.69, 9.17) is 9.47 Å². The highest BCUT2D eigenvalue weighted by molar-refractivity contribution is 5.89. The first kappa shape index (κ1) is 20.4. The summed E-state index contributed by atoms with van der Waals surface area (Å²) in [6.07, 6.45) is 3.58. The fraction of sp³-hybridized carbons (Fsp3) is 0.682. The molecule has 3 aliphatic rings. The van der Waals surface area contributed by atoms with Crippen LogP contribution in [0.2, 0.25) is 0 Å². The molecule has 0 radical (unpaired) electrons. The Morgan fingerprint density at radius 3 is 2.62 bits per heavy atom. The molecule has 2 unspecified atom stereocenters. The van der Waals surface area contributed by atoms with Crippen molar-refractivity contribution in [2.45, 2.75) is 32.2 Å². The monoisotopic (exact) mass is 402 g/mol. The van der Waals surface area contributed by atoms with Gasteiger partial charge < -0.3 is 25.0 Å². The fourth-order valence-corrected chi connectivity index (χ4v) is 4.78. The van der Waals surface area contributed by atoms with Gasteiger partial charge in [-0.05, 0) is 49.9 Å². The van der Waals surface area contributed by atoms with E-state index >= 15 is 0 Å². The maximum atomic E-state index is 12.6. The van der Waals surface area contributed by atoms with Crippen LogP contribution in [0.15, 0.2) is 18.2 Å². The summed E-state index contributed by atoms with van der Waals surface area (Å²) in [7, 11) is 0. The van der Waals surface area contributed by atoms with Crippen molar-refractivity contribution in [1.82, 2.24) is 10.2 Å². The molecular formula is C22H34N4O3. The van der Waals surface area contributed by atoms with Gasteiger partial charge in [-0.25, -0.2) is 4.79 Å². The SMILES string of the molecule is Cc1cc(NC(=O)NCC(C2CCOC2)N2CCOCC2)ccc1N1CCCC1. The number of aryl methyl sites for hydroxylation is 1. The minimum atomic E-state index is -0.143. The number of hydrogen-bond donors (Lipinski definition) is 2. The number of rotatable bonds is 6. The Hall–Kier alpha value is -1.83. The Labute approximate surface area is 173 Å². The van der Waals surface area contributed by atoms with Gasteiger partial charge in [0.05, 0.1) is 19.8 Å². The molecule has 3 saturated heterocycles. The van der Waals surface area contributed by atoms with E-state index in [-0.39, 0.29) is 6.03 Å². The molecular weight excluding hydrogens is 368 g/mol. The number of nitrogens with zero attached hydrogens (tertiary/aromatic N) is 2. The van der Waals surface area contributed by atoms with Gasteiger partial charge in [0, 0.05) is 62.7 Å². The second-order valence-corrected chi connectivity index (χ2v) is 8.37. The van der Waals surface area contributed by atoms with Crippen LogP contribution in [-0.2, 0) is 9.47 Å². The molecule has 7 nitrogen and oxygen atoms in total. The van der Waals surface area contributed by atoms with E-state index in [0.717, 1.165) is 64.7 Å². The van der Waals surface area contributed by atoms with E-state index in [0.29, 0.717) is 18.5 Å². The van der Waals surface area contributed by atoms with Gasteiger partial charge in [-0.3, -0.25) is 4.90 Å². The van der Waals surface area contributed by atoms with Crippen LogP contribution in [0, 0.1) is 12.8 Å². The average molecular weight is 403 g/mol. The van der Waals surface area contributed by atoms with Gasteiger partial charge in [-0.1, -0.05) is 0 Å². The number of hydrogen-bond acceptors (Lipinski definition) is 5. The van der Waals surface area contributed by atoms with Crippen molar-refractivity contribution in [1.29, 1.82) is 0 Å². The highest BCUT2D eigenvalue weighted by Crippen LogP contribution is 2.27. The third-order valence-electron chi connectivity index (χ3n) is 6.40. The smallest absolute Gasteiger partial charge is 0.319 e. The zero-order chi connectivity index (χ0) is 20.1. The Kier molecular flexibility index (Phi) is 6.90. The Morgan fingerprint density at radius 1 is 1.14 bits per heavy atom. The van der Waals surface area contributed by atoms with Crippen LogP contribution in [0.3, 0.4) is 0 Å². The molecule has 0 saturated carbocycles. The summed E-state index contributed by atoms with van der Waals surface area (Å²) >= 11 is 0. The number of benzene rings is 1. The fourth-order valence-electron chi connectivity index (χ4n) is 4.78.